The van der Waals surface area contributed by atoms with Gasteiger partial charge in [0, 0.05) is 39.5 Å². The van der Waals surface area contributed by atoms with E-state index in [2.05, 4.69) is 9.88 Å². The van der Waals surface area contributed by atoms with Gasteiger partial charge in [0.15, 0.2) is 0 Å². The molecule has 23 heavy (non-hydrogen) atoms. The number of hydrogen-bond acceptors (Lipinski definition) is 4. The summed E-state index contributed by atoms with van der Waals surface area (Å²) in [6.07, 6.45) is 4.48. The molecule has 0 radical (unpaired) electrons. The van der Waals surface area contributed by atoms with Crippen LogP contribution in [0.15, 0.2) is 36.7 Å². The topological polar surface area (TPSA) is 50.6 Å². The van der Waals surface area contributed by atoms with Gasteiger partial charge in [0.25, 0.3) is 0 Å². The van der Waals surface area contributed by atoms with Gasteiger partial charge in [-0.2, -0.15) is 0 Å². The third-order valence-electron chi connectivity index (χ3n) is 4.77. The van der Waals surface area contributed by atoms with E-state index >= 15 is 0 Å². The van der Waals surface area contributed by atoms with Crippen molar-refractivity contribution < 1.29 is 9.53 Å². The van der Waals surface area contributed by atoms with Crippen molar-refractivity contribution in [3.8, 4) is 5.75 Å². The maximum atomic E-state index is 12.9. The fourth-order valence-electron chi connectivity index (χ4n) is 3.46. The largest absolute Gasteiger partial charge is 0.487 e. The molecule has 4 rings (SSSR count). The molecular weight excluding hydrogens is 292 g/mol. The molecule has 2 aliphatic rings. The maximum Gasteiger partial charge on any atom is 0.244 e. The molecule has 1 aromatic carbocycles. The smallest absolute Gasteiger partial charge is 0.244 e. The van der Waals surface area contributed by atoms with E-state index < -0.39 is 0 Å². The van der Waals surface area contributed by atoms with Crippen LogP contribution in [-0.4, -0.2) is 46.1 Å². The average Bonchev–Trinajstić information content (AvgIpc) is 3.13. The standard InChI is InChI=1S/C17H20N4O2/c1-19-8-7-18-16(19)11-21-10-12-9-14(21)17(22)20(2)13-5-3-4-6-15(13)23-12/h3-8,12,14H,9-11H2,1-2H3/t12-,14-/m0/s1. The Morgan fingerprint density at radius 1 is 1.30 bits per heavy atom. The zero-order chi connectivity index (χ0) is 16.0. The van der Waals surface area contributed by atoms with Crippen LogP contribution in [0.1, 0.15) is 12.2 Å². The molecule has 2 aliphatic heterocycles. The van der Waals surface area contributed by atoms with Crippen LogP contribution in [0.2, 0.25) is 0 Å². The number of rotatable bonds is 2. The summed E-state index contributed by atoms with van der Waals surface area (Å²) in [7, 11) is 3.80. The first-order chi connectivity index (χ1) is 11.1. The summed E-state index contributed by atoms with van der Waals surface area (Å²) >= 11 is 0. The summed E-state index contributed by atoms with van der Waals surface area (Å²) in [4.78, 5) is 21.2. The minimum atomic E-state index is -0.157. The van der Waals surface area contributed by atoms with E-state index in [1.165, 1.54) is 0 Å². The Hall–Kier alpha value is -2.34. The van der Waals surface area contributed by atoms with E-state index in [0.717, 1.165) is 30.2 Å². The van der Waals surface area contributed by atoms with Crippen LogP contribution in [0.25, 0.3) is 0 Å². The second-order valence-corrected chi connectivity index (χ2v) is 6.24. The predicted molar refractivity (Wildman–Crippen MR) is 86.3 cm³/mol. The second kappa shape index (κ2) is 5.38. The van der Waals surface area contributed by atoms with Gasteiger partial charge in [0.2, 0.25) is 5.91 Å². The van der Waals surface area contributed by atoms with E-state index in [1.54, 1.807) is 11.1 Å². The van der Waals surface area contributed by atoms with Gasteiger partial charge in [0.05, 0.1) is 18.3 Å². The number of amides is 1. The number of ether oxygens (including phenoxy) is 1. The van der Waals surface area contributed by atoms with Gasteiger partial charge in [-0.05, 0) is 12.1 Å². The van der Waals surface area contributed by atoms with Gasteiger partial charge >= 0.3 is 0 Å². The first-order valence-electron chi connectivity index (χ1n) is 7.87. The van der Waals surface area contributed by atoms with Crippen LogP contribution in [0.5, 0.6) is 5.75 Å². The van der Waals surface area contributed by atoms with Gasteiger partial charge in [0.1, 0.15) is 17.7 Å². The normalized spacial score (nSPS) is 24.1. The molecule has 0 unspecified atom stereocenters. The molecule has 6 heteroatoms. The van der Waals surface area contributed by atoms with Crippen LogP contribution in [0.3, 0.4) is 0 Å². The van der Waals surface area contributed by atoms with Crippen molar-refractivity contribution in [1.29, 1.82) is 0 Å². The highest BCUT2D eigenvalue weighted by atomic mass is 16.5. The lowest BCUT2D eigenvalue weighted by Crippen LogP contribution is -2.44. The Bertz CT molecular complexity index is 742. The zero-order valence-corrected chi connectivity index (χ0v) is 13.3. The fraction of sp³-hybridized carbons (Fsp3) is 0.412. The molecule has 1 aromatic heterocycles. The lowest BCUT2D eigenvalue weighted by molar-refractivity contribution is -0.122. The highest BCUT2D eigenvalue weighted by Crippen LogP contribution is 2.35. The zero-order valence-electron chi connectivity index (χ0n) is 13.3. The number of fused-ring (bicyclic) bond motifs is 3. The number of aryl methyl sites for hydroxylation is 1. The lowest BCUT2D eigenvalue weighted by atomic mass is 10.1. The van der Waals surface area contributed by atoms with Crippen molar-refractivity contribution in [3.63, 3.8) is 0 Å². The Morgan fingerprint density at radius 3 is 2.91 bits per heavy atom. The van der Waals surface area contributed by atoms with Gasteiger partial charge in [-0.15, -0.1) is 0 Å². The number of benzene rings is 1. The van der Waals surface area contributed by atoms with E-state index in [4.69, 9.17) is 4.74 Å². The number of imidazole rings is 1. The van der Waals surface area contributed by atoms with Crippen LogP contribution in [0, 0.1) is 0 Å². The quantitative estimate of drug-likeness (QED) is 0.841. The molecule has 0 saturated carbocycles. The predicted octanol–water partition coefficient (Wildman–Crippen LogP) is 1.42. The Morgan fingerprint density at radius 2 is 2.13 bits per heavy atom. The third kappa shape index (κ3) is 2.39. The van der Waals surface area contributed by atoms with Crippen molar-refractivity contribution in [2.75, 3.05) is 18.5 Å². The second-order valence-electron chi connectivity index (χ2n) is 6.24. The molecule has 1 amide bonds. The van der Waals surface area contributed by atoms with Gasteiger partial charge in [-0.3, -0.25) is 9.69 Å². The Balaban J connectivity index is 1.65. The van der Waals surface area contributed by atoms with Crippen LogP contribution >= 0.6 is 0 Å². The highest BCUT2D eigenvalue weighted by Gasteiger charge is 2.42. The van der Waals surface area contributed by atoms with E-state index in [9.17, 15) is 4.79 Å². The van der Waals surface area contributed by atoms with Crippen molar-refractivity contribution >= 4 is 11.6 Å². The number of hydrogen-bond donors (Lipinski definition) is 0. The first-order valence-corrected chi connectivity index (χ1v) is 7.87. The Kier molecular flexibility index (Phi) is 3.34. The highest BCUT2D eigenvalue weighted by molar-refractivity contribution is 5.98. The van der Waals surface area contributed by atoms with Gasteiger partial charge in [-0.25, -0.2) is 4.98 Å². The average molecular weight is 312 g/mol. The fourth-order valence-corrected chi connectivity index (χ4v) is 3.46. The number of carbonyl (C=O) groups excluding carboxylic acids is 1. The summed E-state index contributed by atoms with van der Waals surface area (Å²) in [6, 6.07) is 7.58. The summed E-state index contributed by atoms with van der Waals surface area (Å²) in [6.45, 7) is 1.40. The number of nitrogens with zero attached hydrogens (tertiary/aromatic N) is 4. The number of anilines is 1. The number of para-hydroxylation sites is 2. The van der Waals surface area contributed by atoms with E-state index in [0.29, 0.717) is 6.54 Å². The minimum Gasteiger partial charge on any atom is -0.487 e. The summed E-state index contributed by atoms with van der Waals surface area (Å²) in [5, 5.41) is 0. The summed E-state index contributed by atoms with van der Waals surface area (Å²) in [5.74, 6) is 1.87. The van der Waals surface area contributed by atoms with Gasteiger partial charge in [-0.1, -0.05) is 12.1 Å². The molecule has 6 nitrogen and oxygen atoms in total. The minimum absolute atomic E-state index is 0.0408. The number of aromatic nitrogens is 2. The molecule has 1 saturated heterocycles. The van der Waals surface area contributed by atoms with Crippen LogP contribution in [-0.2, 0) is 18.4 Å². The SMILES string of the molecule is CN1C(=O)[C@@H]2C[C@@H](CN2Cc2nccn2C)Oc2ccccc21. The molecule has 2 aromatic rings. The van der Waals surface area contributed by atoms with E-state index in [-0.39, 0.29) is 18.1 Å². The third-order valence-corrected chi connectivity index (χ3v) is 4.77. The van der Waals surface area contributed by atoms with Crippen LogP contribution < -0.4 is 9.64 Å². The summed E-state index contributed by atoms with van der Waals surface area (Å²) in [5.41, 5.74) is 0.839. The maximum absolute atomic E-state index is 12.9. The Labute approximate surface area is 135 Å². The molecule has 2 atom stereocenters. The molecular formula is C17H20N4O2. The van der Waals surface area contributed by atoms with Crippen molar-refractivity contribution in [2.45, 2.75) is 25.1 Å². The number of carbonyl (C=O) groups is 1. The first kappa shape index (κ1) is 14.3. The van der Waals surface area contributed by atoms with Gasteiger partial charge < -0.3 is 14.2 Å². The monoisotopic (exact) mass is 312 g/mol. The summed E-state index contributed by atoms with van der Waals surface area (Å²) < 4.78 is 8.16. The van der Waals surface area contributed by atoms with Crippen molar-refractivity contribution in [1.82, 2.24) is 14.5 Å². The van der Waals surface area contributed by atoms with Crippen molar-refractivity contribution in [2.24, 2.45) is 7.05 Å². The molecule has 1 fully saturated rings. The lowest BCUT2D eigenvalue weighted by Gasteiger charge is -2.29. The van der Waals surface area contributed by atoms with Crippen LogP contribution in [0.4, 0.5) is 5.69 Å². The number of likely N-dealkylation sites (tertiary alicyclic amines) is 1. The number of likely N-dealkylation sites (N-methyl/N-ethyl adjacent to an activating group) is 1. The van der Waals surface area contributed by atoms with Crippen molar-refractivity contribution in [3.05, 3.63) is 42.5 Å². The molecule has 2 bridgehead atoms. The molecule has 0 aliphatic carbocycles. The molecule has 120 valence electrons. The molecule has 3 heterocycles. The molecule has 0 N–H and O–H groups in total. The van der Waals surface area contributed by atoms with E-state index in [1.807, 2.05) is 49.1 Å². The molecule has 0 spiro atoms.